The number of pyridine rings is 1. The molecule has 0 fully saturated rings. The summed E-state index contributed by atoms with van der Waals surface area (Å²) in [5.41, 5.74) is 0.802. The minimum atomic E-state index is -0.750. The molecular formula is C14H11F2NO. The standard InChI is InChI=1S/C14H11F2NO/c1-9(10-2-4-17-5-3-10)14(18)11-6-12(15)8-13(16)7-11/h2-9H,1H3. The Labute approximate surface area is 103 Å². The van der Waals surface area contributed by atoms with Gasteiger partial charge in [-0.15, -0.1) is 0 Å². The van der Waals surface area contributed by atoms with Gasteiger partial charge in [0.25, 0.3) is 0 Å². The molecule has 4 heteroatoms. The molecule has 0 radical (unpaired) electrons. The number of hydrogen-bond acceptors (Lipinski definition) is 2. The van der Waals surface area contributed by atoms with Gasteiger partial charge in [-0.2, -0.15) is 0 Å². The minimum absolute atomic E-state index is 0.0387. The van der Waals surface area contributed by atoms with Crippen molar-refractivity contribution in [2.45, 2.75) is 12.8 Å². The van der Waals surface area contributed by atoms with Gasteiger partial charge in [0.2, 0.25) is 0 Å². The molecule has 1 aromatic carbocycles. The van der Waals surface area contributed by atoms with Crippen LogP contribution in [-0.2, 0) is 0 Å². The molecule has 2 nitrogen and oxygen atoms in total. The number of carbonyl (C=O) groups is 1. The SMILES string of the molecule is CC(C(=O)c1cc(F)cc(F)c1)c1ccncc1. The van der Waals surface area contributed by atoms with Crippen molar-refractivity contribution >= 4 is 5.78 Å². The van der Waals surface area contributed by atoms with Crippen LogP contribution in [0.2, 0.25) is 0 Å². The molecule has 0 aliphatic heterocycles. The molecule has 1 heterocycles. The zero-order valence-corrected chi connectivity index (χ0v) is 9.73. The highest BCUT2D eigenvalue weighted by Crippen LogP contribution is 2.21. The highest BCUT2D eigenvalue weighted by molar-refractivity contribution is 6.00. The Bertz CT molecular complexity index is 549. The van der Waals surface area contributed by atoms with Crippen molar-refractivity contribution in [3.05, 3.63) is 65.5 Å². The molecule has 0 amide bonds. The second-order valence-electron chi connectivity index (χ2n) is 4.02. The first-order chi connectivity index (χ1) is 8.58. The summed E-state index contributed by atoms with van der Waals surface area (Å²) >= 11 is 0. The number of aromatic nitrogens is 1. The van der Waals surface area contributed by atoms with Crippen LogP contribution in [0.4, 0.5) is 8.78 Å². The maximum absolute atomic E-state index is 13.1. The van der Waals surface area contributed by atoms with Crippen LogP contribution in [-0.4, -0.2) is 10.8 Å². The van der Waals surface area contributed by atoms with E-state index in [1.54, 1.807) is 31.5 Å². The summed E-state index contributed by atoms with van der Waals surface area (Å²) in [5, 5.41) is 0. The molecule has 0 spiro atoms. The van der Waals surface area contributed by atoms with Gasteiger partial charge in [0.15, 0.2) is 5.78 Å². The number of Topliss-reactive ketones (excluding diaryl/α,β-unsaturated/α-hetero) is 1. The monoisotopic (exact) mass is 247 g/mol. The van der Waals surface area contributed by atoms with E-state index in [0.717, 1.165) is 23.8 Å². The van der Waals surface area contributed by atoms with Gasteiger partial charge in [-0.3, -0.25) is 9.78 Å². The highest BCUT2D eigenvalue weighted by atomic mass is 19.1. The van der Waals surface area contributed by atoms with E-state index in [-0.39, 0.29) is 11.3 Å². The molecule has 18 heavy (non-hydrogen) atoms. The summed E-state index contributed by atoms with van der Waals surface area (Å²) in [7, 11) is 0. The fraction of sp³-hybridized carbons (Fsp3) is 0.143. The van der Waals surface area contributed by atoms with Crippen molar-refractivity contribution in [1.82, 2.24) is 4.98 Å². The van der Waals surface area contributed by atoms with Crippen molar-refractivity contribution in [1.29, 1.82) is 0 Å². The van der Waals surface area contributed by atoms with Crippen LogP contribution >= 0.6 is 0 Å². The van der Waals surface area contributed by atoms with Crippen LogP contribution in [0.3, 0.4) is 0 Å². The van der Waals surface area contributed by atoms with E-state index in [9.17, 15) is 13.6 Å². The minimum Gasteiger partial charge on any atom is -0.294 e. The topological polar surface area (TPSA) is 30.0 Å². The fourth-order valence-electron chi connectivity index (χ4n) is 1.75. The predicted octanol–water partition coefficient (Wildman–Crippen LogP) is 3.35. The Morgan fingerprint density at radius 2 is 1.67 bits per heavy atom. The Morgan fingerprint density at radius 3 is 2.22 bits per heavy atom. The Balaban J connectivity index is 2.31. The van der Waals surface area contributed by atoms with Crippen molar-refractivity contribution in [2.24, 2.45) is 0 Å². The molecule has 0 aliphatic rings. The van der Waals surface area contributed by atoms with Crippen LogP contribution in [0.1, 0.15) is 28.8 Å². The smallest absolute Gasteiger partial charge is 0.170 e. The Morgan fingerprint density at radius 1 is 1.11 bits per heavy atom. The van der Waals surface area contributed by atoms with Gasteiger partial charge in [-0.1, -0.05) is 6.92 Å². The number of rotatable bonds is 3. The number of hydrogen-bond donors (Lipinski definition) is 0. The molecule has 0 N–H and O–H groups in total. The van der Waals surface area contributed by atoms with E-state index >= 15 is 0 Å². The second kappa shape index (κ2) is 5.04. The second-order valence-corrected chi connectivity index (χ2v) is 4.02. The first-order valence-corrected chi connectivity index (χ1v) is 5.48. The third-order valence-electron chi connectivity index (χ3n) is 2.75. The molecule has 1 atom stereocenters. The zero-order valence-electron chi connectivity index (χ0n) is 9.73. The third kappa shape index (κ3) is 2.59. The average Bonchev–Trinajstić information content (AvgIpc) is 2.37. The summed E-state index contributed by atoms with van der Waals surface area (Å²) in [6, 6.07) is 6.25. The average molecular weight is 247 g/mol. The molecule has 2 rings (SSSR count). The summed E-state index contributed by atoms with van der Waals surface area (Å²) in [6.45, 7) is 1.69. The number of ketones is 1. The molecule has 1 unspecified atom stereocenters. The molecule has 0 saturated carbocycles. The van der Waals surface area contributed by atoms with Crippen molar-refractivity contribution < 1.29 is 13.6 Å². The molecule has 92 valence electrons. The lowest BCUT2D eigenvalue weighted by Crippen LogP contribution is -2.10. The van der Waals surface area contributed by atoms with Crippen LogP contribution in [0, 0.1) is 11.6 Å². The van der Waals surface area contributed by atoms with Gasteiger partial charge in [0.1, 0.15) is 11.6 Å². The van der Waals surface area contributed by atoms with Gasteiger partial charge in [0.05, 0.1) is 0 Å². The molecular weight excluding hydrogens is 236 g/mol. The first-order valence-electron chi connectivity index (χ1n) is 5.48. The highest BCUT2D eigenvalue weighted by Gasteiger charge is 2.18. The van der Waals surface area contributed by atoms with Crippen LogP contribution in [0.25, 0.3) is 0 Å². The molecule has 1 aromatic heterocycles. The predicted molar refractivity (Wildman–Crippen MR) is 63.3 cm³/mol. The van der Waals surface area contributed by atoms with E-state index in [1.807, 2.05) is 0 Å². The van der Waals surface area contributed by atoms with Crippen molar-refractivity contribution in [3.63, 3.8) is 0 Å². The Hall–Kier alpha value is -2.10. The fourth-order valence-corrected chi connectivity index (χ4v) is 1.75. The van der Waals surface area contributed by atoms with E-state index in [2.05, 4.69) is 4.98 Å². The number of halogens is 2. The number of nitrogens with zero attached hydrogens (tertiary/aromatic N) is 1. The van der Waals surface area contributed by atoms with Crippen LogP contribution in [0.15, 0.2) is 42.7 Å². The van der Waals surface area contributed by atoms with E-state index in [4.69, 9.17) is 0 Å². The van der Waals surface area contributed by atoms with Gasteiger partial charge in [-0.05, 0) is 29.8 Å². The summed E-state index contributed by atoms with van der Waals surface area (Å²) < 4.78 is 26.1. The van der Waals surface area contributed by atoms with E-state index in [1.165, 1.54) is 0 Å². The van der Waals surface area contributed by atoms with E-state index < -0.39 is 17.6 Å². The summed E-state index contributed by atoms with van der Waals surface area (Å²) in [6.07, 6.45) is 3.15. The number of carbonyl (C=O) groups excluding carboxylic acids is 1. The van der Waals surface area contributed by atoms with Crippen LogP contribution < -0.4 is 0 Å². The lowest BCUT2D eigenvalue weighted by molar-refractivity contribution is 0.0965. The van der Waals surface area contributed by atoms with Gasteiger partial charge in [-0.25, -0.2) is 8.78 Å². The summed E-state index contributed by atoms with van der Waals surface area (Å²) in [5.74, 6) is -2.28. The van der Waals surface area contributed by atoms with Gasteiger partial charge < -0.3 is 0 Å². The van der Waals surface area contributed by atoms with Gasteiger partial charge >= 0.3 is 0 Å². The first kappa shape index (κ1) is 12.4. The molecule has 2 aromatic rings. The summed E-state index contributed by atoms with van der Waals surface area (Å²) in [4.78, 5) is 16.0. The maximum atomic E-state index is 13.1. The van der Waals surface area contributed by atoms with Gasteiger partial charge in [0, 0.05) is 29.9 Å². The van der Waals surface area contributed by atoms with Crippen LogP contribution in [0.5, 0.6) is 0 Å². The lowest BCUT2D eigenvalue weighted by atomic mass is 9.93. The molecule has 0 saturated heterocycles. The molecule has 0 bridgehead atoms. The number of benzene rings is 1. The normalized spacial score (nSPS) is 12.2. The molecule has 0 aliphatic carbocycles. The zero-order chi connectivity index (χ0) is 13.1. The van der Waals surface area contributed by atoms with Crippen molar-refractivity contribution in [3.8, 4) is 0 Å². The quantitative estimate of drug-likeness (QED) is 0.778. The third-order valence-corrected chi connectivity index (χ3v) is 2.75. The largest absolute Gasteiger partial charge is 0.294 e. The van der Waals surface area contributed by atoms with Crippen molar-refractivity contribution in [2.75, 3.05) is 0 Å². The maximum Gasteiger partial charge on any atom is 0.170 e. The van der Waals surface area contributed by atoms with E-state index in [0.29, 0.717) is 0 Å². The lowest BCUT2D eigenvalue weighted by Gasteiger charge is -2.10. The Kier molecular flexibility index (Phi) is 3.46.